The van der Waals surface area contributed by atoms with Crippen LogP contribution in [0.5, 0.6) is 11.5 Å². The van der Waals surface area contributed by atoms with E-state index in [4.69, 9.17) is 19.9 Å². The summed E-state index contributed by atoms with van der Waals surface area (Å²) in [5.41, 5.74) is 7.17. The third kappa shape index (κ3) is 3.51. The van der Waals surface area contributed by atoms with Crippen molar-refractivity contribution in [3.8, 4) is 11.5 Å². The standard InChI is InChI=1S/C15H23BrN2O3/c1-10-9-21-5-4-18(10)13(8-17)11-6-14(19-2)15(20-3)7-12(11)16/h6-7,10,13H,4-5,8-9,17H2,1-3H3. The number of methoxy groups -OCH3 is 2. The van der Waals surface area contributed by atoms with Gasteiger partial charge in [0.25, 0.3) is 0 Å². The van der Waals surface area contributed by atoms with Gasteiger partial charge in [-0.3, -0.25) is 4.90 Å². The molecular formula is C15H23BrN2O3. The molecule has 0 spiro atoms. The summed E-state index contributed by atoms with van der Waals surface area (Å²) in [6.45, 7) is 5.06. The Labute approximate surface area is 134 Å². The van der Waals surface area contributed by atoms with Gasteiger partial charge in [0.15, 0.2) is 11.5 Å². The Balaban J connectivity index is 2.37. The Morgan fingerprint density at radius 1 is 1.38 bits per heavy atom. The highest BCUT2D eigenvalue weighted by Crippen LogP contribution is 2.38. The van der Waals surface area contributed by atoms with Gasteiger partial charge in [-0.05, 0) is 24.6 Å². The minimum Gasteiger partial charge on any atom is -0.493 e. The van der Waals surface area contributed by atoms with E-state index in [0.717, 1.165) is 35.5 Å². The van der Waals surface area contributed by atoms with Gasteiger partial charge >= 0.3 is 0 Å². The maximum absolute atomic E-state index is 6.05. The van der Waals surface area contributed by atoms with E-state index >= 15 is 0 Å². The molecule has 1 aliphatic heterocycles. The summed E-state index contributed by atoms with van der Waals surface area (Å²) in [5, 5.41) is 0. The highest BCUT2D eigenvalue weighted by molar-refractivity contribution is 9.10. The monoisotopic (exact) mass is 358 g/mol. The van der Waals surface area contributed by atoms with Crippen molar-refractivity contribution in [2.75, 3.05) is 40.5 Å². The van der Waals surface area contributed by atoms with Gasteiger partial charge in [-0.25, -0.2) is 0 Å². The van der Waals surface area contributed by atoms with E-state index in [1.807, 2.05) is 12.1 Å². The van der Waals surface area contributed by atoms with E-state index in [-0.39, 0.29) is 6.04 Å². The molecule has 1 aliphatic rings. The lowest BCUT2D eigenvalue weighted by Gasteiger charge is -2.39. The Morgan fingerprint density at radius 2 is 2.05 bits per heavy atom. The molecule has 0 radical (unpaired) electrons. The Hall–Kier alpha value is -0.820. The van der Waals surface area contributed by atoms with Crippen LogP contribution in [0.4, 0.5) is 0 Å². The Bertz CT molecular complexity index is 484. The fourth-order valence-electron chi connectivity index (χ4n) is 2.77. The minimum absolute atomic E-state index is 0.123. The van der Waals surface area contributed by atoms with Crippen LogP contribution in [0.2, 0.25) is 0 Å². The highest BCUT2D eigenvalue weighted by atomic mass is 79.9. The summed E-state index contributed by atoms with van der Waals surface area (Å²) >= 11 is 3.63. The van der Waals surface area contributed by atoms with E-state index in [1.165, 1.54) is 0 Å². The zero-order chi connectivity index (χ0) is 15.4. The molecule has 0 aromatic heterocycles. The molecule has 1 aromatic rings. The van der Waals surface area contributed by atoms with Crippen molar-refractivity contribution in [2.24, 2.45) is 5.73 Å². The van der Waals surface area contributed by atoms with Crippen LogP contribution in [-0.4, -0.2) is 51.5 Å². The zero-order valence-corrected chi connectivity index (χ0v) is 14.4. The minimum atomic E-state index is 0.123. The fourth-order valence-corrected chi connectivity index (χ4v) is 3.36. The SMILES string of the molecule is COc1cc(Br)c(C(CN)N2CCOCC2C)cc1OC. The van der Waals surface area contributed by atoms with Crippen LogP contribution in [0.15, 0.2) is 16.6 Å². The summed E-state index contributed by atoms with van der Waals surface area (Å²) in [5.74, 6) is 1.42. The maximum atomic E-state index is 6.05. The van der Waals surface area contributed by atoms with Crippen LogP contribution in [0, 0.1) is 0 Å². The van der Waals surface area contributed by atoms with Gasteiger partial charge in [0.2, 0.25) is 0 Å². The molecule has 2 N–H and O–H groups in total. The van der Waals surface area contributed by atoms with E-state index in [2.05, 4.69) is 27.8 Å². The maximum Gasteiger partial charge on any atom is 0.161 e. The smallest absolute Gasteiger partial charge is 0.161 e. The van der Waals surface area contributed by atoms with E-state index in [0.29, 0.717) is 18.3 Å². The summed E-state index contributed by atoms with van der Waals surface area (Å²) in [7, 11) is 3.28. The summed E-state index contributed by atoms with van der Waals surface area (Å²) in [6.07, 6.45) is 0. The fraction of sp³-hybridized carbons (Fsp3) is 0.600. The second-order valence-electron chi connectivity index (χ2n) is 5.14. The molecule has 21 heavy (non-hydrogen) atoms. The molecule has 5 nitrogen and oxygen atoms in total. The number of halogens is 1. The summed E-state index contributed by atoms with van der Waals surface area (Å²) in [6, 6.07) is 4.40. The van der Waals surface area contributed by atoms with Crippen molar-refractivity contribution in [3.63, 3.8) is 0 Å². The molecule has 1 heterocycles. The second-order valence-corrected chi connectivity index (χ2v) is 6.00. The molecule has 118 valence electrons. The molecule has 0 saturated carbocycles. The number of hydrogen-bond donors (Lipinski definition) is 1. The summed E-state index contributed by atoms with van der Waals surface area (Å²) in [4.78, 5) is 2.38. The molecule has 0 aliphatic carbocycles. The van der Waals surface area contributed by atoms with Gasteiger partial charge in [-0.1, -0.05) is 15.9 Å². The highest BCUT2D eigenvalue weighted by Gasteiger charge is 2.29. The molecule has 0 bridgehead atoms. The normalized spacial score (nSPS) is 21.1. The Kier molecular flexibility index (Phi) is 5.87. The van der Waals surface area contributed by atoms with Crippen LogP contribution in [-0.2, 0) is 4.74 Å². The van der Waals surface area contributed by atoms with E-state index < -0.39 is 0 Å². The van der Waals surface area contributed by atoms with Gasteiger partial charge in [0.05, 0.1) is 27.4 Å². The lowest BCUT2D eigenvalue weighted by molar-refractivity contribution is -0.0211. The number of benzene rings is 1. The van der Waals surface area contributed by atoms with Crippen molar-refractivity contribution >= 4 is 15.9 Å². The lowest BCUT2D eigenvalue weighted by atomic mass is 10.0. The number of rotatable bonds is 5. The number of hydrogen-bond acceptors (Lipinski definition) is 5. The molecule has 2 unspecified atom stereocenters. The first-order chi connectivity index (χ1) is 10.1. The van der Waals surface area contributed by atoms with E-state index in [9.17, 15) is 0 Å². The lowest BCUT2D eigenvalue weighted by Crippen LogP contribution is -2.47. The summed E-state index contributed by atoms with van der Waals surface area (Å²) < 4.78 is 17.2. The molecule has 6 heteroatoms. The number of morpholine rings is 1. The average molecular weight is 359 g/mol. The molecule has 1 aromatic carbocycles. The van der Waals surface area contributed by atoms with Crippen LogP contribution < -0.4 is 15.2 Å². The number of ether oxygens (including phenoxy) is 3. The van der Waals surface area contributed by atoms with Crippen molar-refractivity contribution in [1.29, 1.82) is 0 Å². The zero-order valence-electron chi connectivity index (χ0n) is 12.8. The number of nitrogens with two attached hydrogens (primary N) is 1. The van der Waals surface area contributed by atoms with Gasteiger partial charge in [-0.15, -0.1) is 0 Å². The van der Waals surface area contributed by atoms with Crippen LogP contribution in [0.1, 0.15) is 18.5 Å². The van der Waals surface area contributed by atoms with Crippen LogP contribution in [0.3, 0.4) is 0 Å². The molecular weight excluding hydrogens is 336 g/mol. The van der Waals surface area contributed by atoms with Gasteiger partial charge in [-0.2, -0.15) is 0 Å². The number of nitrogens with zero attached hydrogens (tertiary/aromatic N) is 1. The van der Waals surface area contributed by atoms with Crippen molar-refractivity contribution in [1.82, 2.24) is 4.90 Å². The first-order valence-electron chi connectivity index (χ1n) is 7.07. The molecule has 1 saturated heterocycles. The average Bonchev–Trinajstić information content (AvgIpc) is 2.50. The van der Waals surface area contributed by atoms with Gasteiger partial charge in [0, 0.05) is 29.6 Å². The van der Waals surface area contributed by atoms with Crippen molar-refractivity contribution in [3.05, 3.63) is 22.2 Å². The van der Waals surface area contributed by atoms with Crippen molar-refractivity contribution in [2.45, 2.75) is 19.0 Å². The molecule has 2 rings (SSSR count). The topological polar surface area (TPSA) is 57.0 Å². The molecule has 2 atom stereocenters. The second kappa shape index (κ2) is 7.45. The predicted octanol–water partition coefficient (Wildman–Crippen LogP) is 2.19. The van der Waals surface area contributed by atoms with Crippen LogP contribution in [0.25, 0.3) is 0 Å². The first kappa shape index (κ1) is 16.5. The van der Waals surface area contributed by atoms with Crippen LogP contribution >= 0.6 is 15.9 Å². The molecule has 1 fully saturated rings. The van der Waals surface area contributed by atoms with Gasteiger partial charge < -0.3 is 19.9 Å². The predicted molar refractivity (Wildman–Crippen MR) is 86.0 cm³/mol. The molecule has 0 amide bonds. The Morgan fingerprint density at radius 3 is 2.62 bits per heavy atom. The largest absolute Gasteiger partial charge is 0.493 e. The third-order valence-electron chi connectivity index (χ3n) is 3.90. The quantitative estimate of drug-likeness (QED) is 0.874. The van der Waals surface area contributed by atoms with Gasteiger partial charge in [0.1, 0.15) is 0 Å². The first-order valence-corrected chi connectivity index (χ1v) is 7.86. The van der Waals surface area contributed by atoms with E-state index in [1.54, 1.807) is 14.2 Å². The third-order valence-corrected chi connectivity index (χ3v) is 4.59. The van der Waals surface area contributed by atoms with Crippen molar-refractivity contribution < 1.29 is 14.2 Å².